The summed E-state index contributed by atoms with van der Waals surface area (Å²) in [5, 5.41) is 0. The van der Waals surface area contributed by atoms with Crippen molar-refractivity contribution in [3.8, 4) is 0 Å². The highest BCUT2D eigenvalue weighted by molar-refractivity contribution is 14.1. The third-order valence-electron chi connectivity index (χ3n) is 2.37. The molecule has 0 aliphatic carbocycles. The molecule has 0 N–H and O–H groups in total. The molecule has 16 heavy (non-hydrogen) atoms. The van der Waals surface area contributed by atoms with Gasteiger partial charge in [0.1, 0.15) is 6.10 Å². The van der Waals surface area contributed by atoms with Gasteiger partial charge in [0.25, 0.3) is 0 Å². The zero-order valence-corrected chi connectivity index (χ0v) is 12.8. The predicted molar refractivity (Wildman–Crippen MR) is 76.5 cm³/mol. The van der Waals surface area contributed by atoms with Crippen molar-refractivity contribution in [3.63, 3.8) is 0 Å². The summed E-state index contributed by atoms with van der Waals surface area (Å²) in [5.74, 6) is 0.0408. The first-order valence-electron chi connectivity index (χ1n) is 5.54. The van der Waals surface area contributed by atoms with E-state index in [-0.39, 0.29) is 23.9 Å². The average molecular weight is 336 g/mol. The minimum absolute atomic E-state index is 0.0611. The molecule has 0 aliphatic rings. The summed E-state index contributed by atoms with van der Waals surface area (Å²) >= 11 is 2.19. The molecule has 0 aromatic heterocycles. The zero-order chi connectivity index (χ0) is 12.7. The molecule has 0 heterocycles. The largest absolute Gasteiger partial charge is 0.462 e. The van der Waals surface area contributed by atoms with Gasteiger partial charge in [0.15, 0.2) is 0 Å². The van der Waals surface area contributed by atoms with Crippen molar-refractivity contribution in [3.05, 3.63) is 21.8 Å². The smallest absolute Gasteiger partial charge is 0.308 e. The number of carbonyl (C=O) groups is 1. The van der Waals surface area contributed by atoms with Crippen LogP contribution in [-0.2, 0) is 9.53 Å². The first-order chi connectivity index (χ1) is 7.38. The number of ether oxygens (including phenoxy) is 1. The van der Waals surface area contributed by atoms with Crippen molar-refractivity contribution in [1.29, 1.82) is 0 Å². The molecule has 0 radical (unpaired) electrons. The summed E-state index contributed by atoms with van der Waals surface area (Å²) in [5.41, 5.74) is 1.19. The van der Waals surface area contributed by atoms with E-state index in [0.29, 0.717) is 0 Å². The number of hydrogen-bond acceptors (Lipinski definition) is 2. The molecule has 0 fully saturated rings. The first kappa shape index (κ1) is 15.7. The first-order valence-corrected chi connectivity index (χ1v) is 6.78. The summed E-state index contributed by atoms with van der Waals surface area (Å²) < 4.78 is 7.32. The van der Waals surface area contributed by atoms with Gasteiger partial charge in [-0.3, -0.25) is 4.79 Å². The molecule has 0 aromatic rings. The molecule has 0 amide bonds. The lowest BCUT2D eigenvalue weighted by atomic mass is 10.0. The Morgan fingerprint density at radius 2 is 1.81 bits per heavy atom. The van der Waals surface area contributed by atoms with Crippen molar-refractivity contribution < 1.29 is 9.53 Å². The van der Waals surface area contributed by atoms with Crippen LogP contribution in [0.1, 0.15) is 34.6 Å². The molecule has 0 aromatic carbocycles. The molecule has 2 nitrogen and oxygen atoms in total. The molecule has 2 atom stereocenters. The van der Waals surface area contributed by atoms with Gasteiger partial charge in [-0.15, -0.1) is 0 Å². The highest BCUT2D eigenvalue weighted by atomic mass is 127. The number of esters is 1. The highest BCUT2D eigenvalue weighted by Crippen LogP contribution is 2.14. The van der Waals surface area contributed by atoms with Crippen molar-refractivity contribution >= 4 is 28.6 Å². The molecule has 2 unspecified atom stereocenters. The van der Waals surface area contributed by atoms with E-state index in [0.717, 1.165) is 0 Å². The summed E-state index contributed by atoms with van der Waals surface area (Å²) in [4.78, 5) is 11.4. The normalized spacial score (nSPS) is 16.6. The highest BCUT2D eigenvalue weighted by Gasteiger charge is 2.17. The quantitative estimate of drug-likeness (QED) is 0.429. The fourth-order valence-electron chi connectivity index (χ4n) is 1.13. The van der Waals surface area contributed by atoms with Crippen LogP contribution in [0.3, 0.4) is 0 Å². The number of carbonyl (C=O) groups excluding carboxylic acids is 1. The average Bonchev–Trinajstić information content (AvgIpc) is 2.17. The Balaban J connectivity index is 4.34. The van der Waals surface area contributed by atoms with Gasteiger partial charge in [0, 0.05) is 5.92 Å². The fourth-order valence-corrected chi connectivity index (χ4v) is 1.70. The Hall–Kier alpha value is -0.320. The van der Waals surface area contributed by atoms with Crippen LogP contribution in [0.4, 0.5) is 0 Å². The second kappa shape index (κ2) is 7.87. The number of rotatable bonds is 5. The van der Waals surface area contributed by atoms with Crippen molar-refractivity contribution in [1.82, 2.24) is 0 Å². The summed E-state index contributed by atoms with van der Waals surface area (Å²) in [6, 6.07) is 0. The van der Waals surface area contributed by atoms with Crippen LogP contribution in [0.5, 0.6) is 0 Å². The van der Waals surface area contributed by atoms with Gasteiger partial charge in [-0.2, -0.15) is 0 Å². The Kier molecular flexibility index (Phi) is 7.72. The minimum Gasteiger partial charge on any atom is -0.462 e. The lowest BCUT2D eigenvalue weighted by Gasteiger charge is -2.19. The SMILES string of the molecule is CC(/C=C/I)=C\C(C)C(C)OC(=O)C(C)C. The summed E-state index contributed by atoms with van der Waals surface area (Å²) in [7, 11) is 0. The number of halogens is 1. The number of allylic oxidation sites excluding steroid dienone is 2. The van der Waals surface area contributed by atoms with Crippen LogP contribution >= 0.6 is 22.6 Å². The van der Waals surface area contributed by atoms with Crippen molar-refractivity contribution in [2.24, 2.45) is 11.8 Å². The van der Waals surface area contributed by atoms with Crippen LogP contribution in [0.15, 0.2) is 21.8 Å². The van der Waals surface area contributed by atoms with E-state index in [1.807, 2.05) is 37.9 Å². The maximum absolute atomic E-state index is 11.4. The molecule has 0 saturated heterocycles. The molecule has 0 bridgehead atoms. The van der Waals surface area contributed by atoms with E-state index in [1.54, 1.807) is 0 Å². The lowest BCUT2D eigenvalue weighted by molar-refractivity contribution is -0.153. The van der Waals surface area contributed by atoms with Crippen LogP contribution in [0.2, 0.25) is 0 Å². The van der Waals surface area contributed by atoms with Crippen LogP contribution in [-0.4, -0.2) is 12.1 Å². The number of hydrogen-bond donors (Lipinski definition) is 0. The van der Waals surface area contributed by atoms with Crippen molar-refractivity contribution in [2.75, 3.05) is 0 Å². The fraction of sp³-hybridized carbons (Fsp3) is 0.615. The Bertz CT molecular complexity index is 280. The van der Waals surface area contributed by atoms with Gasteiger partial charge < -0.3 is 4.74 Å². The second-order valence-electron chi connectivity index (χ2n) is 4.36. The van der Waals surface area contributed by atoms with E-state index in [2.05, 4.69) is 35.6 Å². The van der Waals surface area contributed by atoms with Gasteiger partial charge in [0.05, 0.1) is 5.92 Å². The Morgan fingerprint density at radius 1 is 1.25 bits per heavy atom. The van der Waals surface area contributed by atoms with Gasteiger partial charge in [-0.1, -0.05) is 61.1 Å². The summed E-state index contributed by atoms with van der Waals surface area (Å²) in [6.07, 6.45) is 4.08. The maximum Gasteiger partial charge on any atom is 0.308 e. The van der Waals surface area contributed by atoms with E-state index in [4.69, 9.17) is 4.74 Å². The van der Waals surface area contributed by atoms with E-state index >= 15 is 0 Å². The molecule has 0 saturated carbocycles. The molecule has 0 rings (SSSR count). The molecular formula is C13H21IO2. The van der Waals surface area contributed by atoms with E-state index in [9.17, 15) is 4.79 Å². The monoisotopic (exact) mass is 336 g/mol. The standard InChI is InChI=1S/C13H21IO2/c1-9(2)13(15)16-12(5)11(4)8-10(3)6-7-14/h6-9,11-12H,1-5H3/b7-6+,10-8+. The van der Waals surface area contributed by atoms with Crippen molar-refractivity contribution in [2.45, 2.75) is 40.7 Å². The van der Waals surface area contributed by atoms with E-state index < -0.39 is 0 Å². The van der Waals surface area contributed by atoms with Gasteiger partial charge in [0.2, 0.25) is 0 Å². The Morgan fingerprint density at radius 3 is 2.25 bits per heavy atom. The molecular weight excluding hydrogens is 315 g/mol. The van der Waals surface area contributed by atoms with Crippen LogP contribution in [0.25, 0.3) is 0 Å². The molecule has 92 valence electrons. The maximum atomic E-state index is 11.4. The van der Waals surface area contributed by atoms with Gasteiger partial charge >= 0.3 is 5.97 Å². The minimum atomic E-state index is -0.130. The van der Waals surface area contributed by atoms with Crippen LogP contribution < -0.4 is 0 Å². The Labute approximate surface area is 112 Å². The third-order valence-corrected chi connectivity index (χ3v) is 2.73. The molecule has 3 heteroatoms. The molecule has 0 aliphatic heterocycles. The van der Waals surface area contributed by atoms with Gasteiger partial charge in [-0.05, 0) is 17.9 Å². The topological polar surface area (TPSA) is 26.3 Å². The molecule has 0 spiro atoms. The lowest BCUT2D eigenvalue weighted by Crippen LogP contribution is -2.23. The second-order valence-corrected chi connectivity index (χ2v) is 5.08. The zero-order valence-electron chi connectivity index (χ0n) is 10.7. The van der Waals surface area contributed by atoms with Gasteiger partial charge in [-0.25, -0.2) is 0 Å². The van der Waals surface area contributed by atoms with E-state index in [1.165, 1.54) is 5.57 Å². The predicted octanol–water partition coefficient (Wildman–Crippen LogP) is 4.11. The summed E-state index contributed by atoms with van der Waals surface area (Å²) in [6.45, 7) is 9.73. The van der Waals surface area contributed by atoms with Crippen LogP contribution in [0, 0.1) is 11.8 Å². The third kappa shape index (κ3) is 6.30.